The Bertz CT molecular complexity index is 868. The third-order valence-electron chi connectivity index (χ3n) is 4.84. The van der Waals surface area contributed by atoms with Crippen molar-refractivity contribution in [1.82, 2.24) is 4.90 Å². The second kappa shape index (κ2) is 9.05. The summed E-state index contributed by atoms with van der Waals surface area (Å²) in [6.07, 6.45) is 0.603. The molecule has 1 heterocycles. The van der Waals surface area contributed by atoms with Gasteiger partial charge in [0.05, 0.1) is 11.6 Å². The fraction of sp³-hybridized carbons (Fsp3) is 0.318. The van der Waals surface area contributed by atoms with Crippen LogP contribution >= 0.6 is 0 Å². The first-order valence-electron chi connectivity index (χ1n) is 9.38. The van der Waals surface area contributed by atoms with Crippen LogP contribution in [0.1, 0.15) is 25.3 Å². The minimum Gasteiger partial charge on any atom is -0.481 e. The van der Waals surface area contributed by atoms with Gasteiger partial charge in [-0.3, -0.25) is 9.59 Å². The molecule has 0 saturated carbocycles. The summed E-state index contributed by atoms with van der Waals surface area (Å²) in [7, 11) is 0. The highest BCUT2D eigenvalue weighted by Gasteiger charge is 2.30. The number of amides is 2. The second-order valence-electron chi connectivity index (χ2n) is 6.85. The summed E-state index contributed by atoms with van der Waals surface area (Å²) in [5.74, 6) is 0.282. The van der Waals surface area contributed by atoms with Gasteiger partial charge in [0.2, 0.25) is 5.91 Å². The lowest BCUT2D eigenvalue weighted by molar-refractivity contribution is -0.140. The highest BCUT2D eigenvalue weighted by molar-refractivity contribution is 5.92. The number of para-hydroxylation sites is 1. The zero-order chi connectivity index (χ0) is 19.9. The number of likely N-dealkylation sites (tertiary alicyclic amines) is 1. The van der Waals surface area contributed by atoms with Crippen LogP contribution in [0.2, 0.25) is 0 Å². The van der Waals surface area contributed by atoms with Crippen molar-refractivity contribution in [2.24, 2.45) is 5.92 Å². The summed E-state index contributed by atoms with van der Waals surface area (Å²) in [6.45, 7) is 2.75. The summed E-state index contributed by atoms with van der Waals surface area (Å²) in [5, 5.41) is 11.9. The lowest BCUT2D eigenvalue weighted by Gasteiger charge is -2.33. The van der Waals surface area contributed by atoms with Crippen LogP contribution in [0.5, 0.6) is 5.75 Å². The number of anilines is 1. The summed E-state index contributed by atoms with van der Waals surface area (Å²) in [6, 6.07) is 18.2. The molecule has 1 aliphatic heterocycles. The second-order valence-corrected chi connectivity index (χ2v) is 6.85. The highest BCUT2D eigenvalue weighted by atomic mass is 16.5. The lowest BCUT2D eigenvalue weighted by atomic mass is 9.95. The van der Waals surface area contributed by atoms with Gasteiger partial charge in [-0.1, -0.05) is 24.3 Å². The number of carbonyl (C=O) groups excluding carboxylic acids is 2. The molecule has 1 saturated heterocycles. The van der Waals surface area contributed by atoms with E-state index in [1.807, 2.05) is 30.3 Å². The fourth-order valence-corrected chi connectivity index (χ4v) is 3.28. The molecule has 0 aliphatic carbocycles. The van der Waals surface area contributed by atoms with Crippen molar-refractivity contribution < 1.29 is 14.3 Å². The van der Waals surface area contributed by atoms with Crippen LogP contribution in [0.3, 0.4) is 0 Å². The smallest absolute Gasteiger partial charge is 0.263 e. The number of nitrogens with zero attached hydrogens (tertiary/aromatic N) is 2. The molecule has 3 rings (SSSR count). The highest BCUT2D eigenvalue weighted by Crippen LogP contribution is 2.21. The Kier molecular flexibility index (Phi) is 6.28. The van der Waals surface area contributed by atoms with Gasteiger partial charge in [-0.05, 0) is 50.1 Å². The minimum atomic E-state index is -0.649. The van der Waals surface area contributed by atoms with Gasteiger partial charge in [0.1, 0.15) is 5.75 Å². The van der Waals surface area contributed by atoms with Gasteiger partial charge in [-0.2, -0.15) is 5.26 Å². The predicted molar refractivity (Wildman–Crippen MR) is 106 cm³/mol. The number of ether oxygens (including phenoxy) is 1. The van der Waals surface area contributed by atoms with Gasteiger partial charge in [0.25, 0.3) is 5.91 Å². The first-order valence-corrected chi connectivity index (χ1v) is 9.38. The van der Waals surface area contributed by atoms with Gasteiger partial charge >= 0.3 is 0 Å². The molecule has 144 valence electrons. The molecule has 2 aromatic carbocycles. The standard InChI is InChI=1S/C22H23N3O3/c1-16(28-20-9-5-6-17(14-20)15-23)22(27)25-12-10-18(11-13-25)21(26)24-19-7-3-2-4-8-19/h2-9,14,16,18H,10-13H2,1H3,(H,24,26). The number of hydrogen-bond donors (Lipinski definition) is 1. The van der Waals surface area contributed by atoms with Gasteiger partial charge in [-0.15, -0.1) is 0 Å². The Morgan fingerprint density at radius 3 is 2.54 bits per heavy atom. The van der Waals surface area contributed by atoms with Crippen LogP contribution in [0, 0.1) is 17.2 Å². The maximum atomic E-state index is 12.7. The van der Waals surface area contributed by atoms with E-state index < -0.39 is 6.10 Å². The van der Waals surface area contributed by atoms with Crippen molar-refractivity contribution in [3.05, 3.63) is 60.2 Å². The van der Waals surface area contributed by atoms with Gasteiger partial charge in [0, 0.05) is 24.7 Å². The van der Waals surface area contributed by atoms with Gasteiger partial charge in [-0.25, -0.2) is 0 Å². The molecular formula is C22H23N3O3. The molecular weight excluding hydrogens is 354 g/mol. The Balaban J connectivity index is 1.50. The first kappa shape index (κ1) is 19.4. The summed E-state index contributed by atoms with van der Waals surface area (Å²) in [4.78, 5) is 26.8. The number of benzene rings is 2. The molecule has 1 fully saturated rings. The van der Waals surface area contributed by atoms with Crippen LogP contribution in [-0.2, 0) is 9.59 Å². The van der Waals surface area contributed by atoms with E-state index in [0.29, 0.717) is 37.2 Å². The summed E-state index contributed by atoms with van der Waals surface area (Å²) < 4.78 is 5.70. The van der Waals surface area contributed by atoms with E-state index in [2.05, 4.69) is 11.4 Å². The van der Waals surface area contributed by atoms with E-state index in [0.717, 1.165) is 5.69 Å². The average Bonchev–Trinajstić information content (AvgIpc) is 2.74. The Hall–Kier alpha value is -3.33. The van der Waals surface area contributed by atoms with Gasteiger partial charge in [0.15, 0.2) is 6.10 Å². The van der Waals surface area contributed by atoms with Crippen LogP contribution in [0.4, 0.5) is 5.69 Å². The maximum Gasteiger partial charge on any atom is 0.263 e. The van der Waals surface area contributed by atoms with Crippen molar-refractivity contribution >= 4 is 17.5 Å². The van der Waals surface area contributed by atoms with E-state index in [4.69, 9.17) is 10.00 Å². The molecule has 0 spiro atoms. The Morgan fingerprint density at radius 1 is 1.14 bits per heavy atom. The quantitative estimate of drug-likeness (QED) is 0.867. The van der Waals surface area contributed by atoms with Crippen LogP contribution in [-0.4, -0.2) is 35.9 Å². The molecule has 0 radical (unpaired) electrons. The number of piperidine rings is 1. The van der Waals surface area contributed by atoms with Crippen molar-refractivity contribution in [1.29, 1.82) is 5.26 Å². The van der Waals surface area contributed by atoms with E-state index >= 15 is 0 Å². The van der Waals surface area contributed by atoms with Crippen molar-refractivity contribution in [3.8, 4) is 11.8 Å². The first-order chi connectivity index (χ1) is 13.6. The average molecular weight is 377 g/mol. The molecule has 0 bridgehead atoms. The largest absolute Gasteiger partial charge is 0.481 e. The summed E-state index contributed by atoms with van der Waals surface area (Å²) >= 11 is 0. The van der Waals surface area contributed by atoms with Crippen LogP contribution in [0.25, 0.3) is 0 Å². The van der Waals surface area contributed by atoms with Crippen molar-refractivity contribution in [3.63, 3.8) is 0 Å². The Morgan fingerprint density at radius 2 is 1.86 bits per heavy atom. The number of rotatable bonds is 5. The third-order valence-corrected chi connectivity index (χ3v) is 4.84. The monoisotopic (exact) mass is 377 g/mol. The molecule has 1 atom stereocenters. The predicted octanol–water partition coefficient (Wildman–Crippen LogP) is 3.20. The lowest BCUT2D eigenvalue weighted by Crippen LogP contribution is -2.46. The fourth-order valence-electron chi connectivity index (χ4n) is 3.28. The third kappa shape index (κ3) is 4.89. The number of nitrogens with one attached hydrogen (secondary N) is 1. The van der Waals surface area contributed by atoms with Crippen molar-refractivity contribution in [2.45, 2.75) is 25.9 Å². The topological polar surface area (TPSA) is 82.4 Å². The minimum absolute atomic E-state index is 0.00378. The van der Waals surface area contributed by atoms with Gasteiger partial charge < -0.3 is 15.0 Å². The Labute approximate surface area is 164 Å². The van der Waals surface area contributed by atoms with E-state index in [1.54, 1.807) is 36.1 Å². The van der Waals surface area contributed by atoms with Crippen LogP contribution in [0.15, 0.2) is 54.6 Å². The molecule has 6 nitrogen and oxygen atoms in total. The molecule has 1 unspecified atom stereocenters. The number of nitriles is 1. The zero-order valence-corrected chi connectivity index (χ0v) is 15.8. The number of hydrogen-bond acceptors (Lipinski definition) is 4. The molecule has 6 heteroatoms. The molecule has 1 aliphatic rings. The van der Waals surface area contributed by atoms with E-state index in [-0.39, 0.29) is 17.7 Å². The molecule has 2 amide bonds. The van der Waals surface area contributed by atoms with Crippen LogP contribution < -0.4 is 10.1 Å². The zero-order valence-electron chi connectivity index (χ0n) is 15.8. The molecule has 1 N–H and O–H groups in total. The van der Waals surface area contributed by atoms with E-state index in [1.165, 1.54) is 0 Å². The van der Waals surface area contributed by atoms with E-state index in [9.17, 15) is 9.59 Å². The molecule has 2 aromatic rings. The van der Waals surface area contributed by atoms with Crippen molar-refractivity contribution in [2.75, 3.05) is 18.4 Å². The molecule has 28 heavy (non-hydrogen) atoms. The SMILES string of the molecule is CC(Oc1cccc(C#N)c1)C(=O)N1CCC(C(=O)Nc2ccccc2)CC1. The number of carbonyl (C=O) groups is 2. The normalized spacial score (nSPS) is 15.4. The summed E-state index contributed by atoms with van der Waals surface area (Å²) in [5.41, 5.74) is 1.27. The maximum absolute atomic E-state index is 12.7. The molecule has 0 aromatic heterocycles.